The molecule has 1 aromatic carbocycles. The zero-order valence-corrected chi connectivity index (χ0v) is 17.3. The normalized spacial score (nSPS) is 18.7. The number of nitrogens with zero attached hydrogens (tertiary/aromatic N) is 2. The molecule has 2 heterocycles. The van der Waals surface area contributed by atoms with Gasteiger partial charge in [-0.15, -0.1) is 0 Å². The summed E-state index contributed by atoms with van der Waals surface area (Å²) in [4.78, 5) is 29.1. The number of furan rings is 1. The van der Waals surface area contributed by atoms with Crippen molar-refractivity contribution in [2.24, 2.45) is 0 Å². The van der Waals surface area contributed by atoms with Gasteiger partial charge in [-0.05, 0) is 57.4 Å². The van der Waals surface area contributed by atoms with Crippen LogP contribution < -0.4 is 4.74 Å². The quantitative estimate of drug-likeness (QED) is 0.422. The lowest BCUT2D eigenvalue weighted by Crippen LogP contribution is -2.32. The maximum absolute atomic E-state index is 12.9. The van der Waals surface area contributed by atoms with E-state index in [1.54, 1.807) is 24.3 Å². The molecule has 1 aromatic heterocycles. The van der Waals surface area contributed by atoms with Crippen LogP contribution in [0.1, 0.15) is 23.8 Å². The summed E-state index contributed by atoms with van der Waals surface area (Å²) in [5, 5.41) is 11.4. The number of aliphatic hydroxyl groups excluding tert-OH is 1. The van der Waals surface area contributed by atoms with Gasteiger partial charge in [0.25, 0.3) is 11.7 Å². The molecule has 0 aliphatic carbocycles. The predicted octanol–water partition coefficient (Wildman–Crippen LogP) is 3.32. The molecule has 1 fully saturated rings. The highest BCUT2D eigenvalue weighted by Crippen LogP contribution is 2.41. The van der Waals surface area contributed by atoms with E-state index >= 15 is 0 Å². The van der Waals surface area contributed by atoms with Crippen LogP contribution in [0.2, 0.25) is 5.02 Å². The molecule has 1 atom stereocenters. The monoisotopic (exact) mass is 418 g/mol. The van der Waals surface area contributed by atoms with Crippen molar-refractivity contribution in [1.29, 1.82) is 0 Å². The maximum Gasteiger partial charge on any atom is 0.295 e. The first-order chi connectivity index (χ1) is 13.8. The van der Waals surface area contributed by atoms with E-state index in [0.717, 1.165) is 6.54 Å². The molecular formula is C21H23ClN2O5. The number of ether oxygens (including phenoxy) is 1. The van der Waals surface area contributed by atoms with Crippen LogP contribution in [0.3, 0.4) is 0 Å². The second-order valence-electron chi connectivity index (χ2n) is 7.01. The standard InChI is InChI=1S/C21H23ClN2O5/c1-23(2)9-5-10-24-18(16-6-4-11-29-16)17(20(26)21(24)27)19(25)14-12-13(22)7-8-15(14)28-3/h4,6-8,11-12,18,25H,5,9-10H2,1-3H3/b19-17+. The number of methoxy groups -OCH3 is 1. The average molecular weight is 419 g/mol. The summed E-state index contributed by atoms with van der Waals surface area (Å²) in [6, 6.07) is 7.23. The molecule has 1 N–H and O–H groups in total. The highest BCUT2D eigenvalue weighted by molar-refractivity contribution is 6.46. The van der Waals surface area contributed by atoms with Crippen molar-refractivity contribution in [2.45, 2.75) is 12.5 Å². The lowest BCUT2D eigenvalue weighted by atomic mass is 9.98. The van der Waals surface area contributed by atoms with Crippen LogP contribution in [-0.4, -0.2) is 60.9 Å². The smallest absolute Gasteiger partial charge is 0.295 e. The van der Waals surface area contributed by atoms with Gasteiger partial charge in [0.15, 0.2) is 0 Å². The first-order valence-corrected chi connectivity index (χ1v) is 9.53. The molecule has 7 nitrogen and oxygen atoms in total. The Morgan fingerprint density at radius 1 is 1.31 bits per heavy atom. The van der Waals surface area contributed by atoms with E-state index in [1.807, 2.05) is 19.0 Å². The zero-order valence-electron chi connectivity index (χ0n) is 16.5. The highest BCUT2D eigenvalue weighted by Gasteiger charge is 2.47. The fourth-order valence-electron chi connectivity index (χ4n) is 3.42. The largest absolute Gasteiger partial charge is 0.507 e. The first-order valence-electron chi connectivity index (χ1n) is 9.15. The number of halogens is 1. The number of hydrogen-bond donors (Lipinski definition) is 1. The van der Waals surface area contributed by atoms with E-state index < -0.39 is 17.7 Å². The number of benzene rings is 1. The number of aliphatic hydroxyl groups is 1. The number of carbonyl (C=O) groups excluding carboxylic acids is 2. The van der Waals surface area contributed by atoms with Gasteiger partial charge >= 0.3 is 0 Å². The van der Waals surface area contributed by atoms with E-state index in [1.165, 1.54) is 24.3 Å². The van der Waals surface area contributed by atoms with Crippen molar-refractivity contribution in [3.63, 3.8) is 0 Å². The molecular weight excluding hydrogens is 396 g/mol. The third-order valence-corrected chi connectivity index (χ3v) is 5.01. The van der Waals surface area contributed by atoms with Gasteiger partial charge in [0, 0.05) is 11.6 Å². The molecule has 1 saturated heterocycles. The Morgan fingerprint density at radius 3 is 2.69 bits per heavy atom. The minimum Gasteiger partial charge on any atom is -0.507 e. The molecule has 0 spiro atoms. The van der Waals surface area contributed by atoms with Gasteiger partial charge in [0.2, 0.25) is 0 Å². The van der Waals surface area contributed by atoms with Crippen LogP contribution in [0.5, 0.6) is 5.75 Å². The van der Waals surface area contributed by atoms with Gasteiger partial charge in [-0.1, -0.05) is 11.6 Å². The number of likely N-dealkylation sites (tertiary alicyclic amines) is 1. The summed E-state index contributed by atoms with van der Waals surface area (Å²) in [5.41, 5.74) is 0.193. The first kappa shape index (κ1) is 21.0. The van der Waals surface area contributed by atoms with E-state index in [9.17, 15) is 14.7 Å². The molecule has 8 heteroatoms. The molecule has 1 unspecified atom stereocenters. The molecule has 1 aliphatic heterocycles. The Bertz CT molecular complexity index is 937. The lowest BCUT2D eigenvalue weighted by Gasteiger charge is -2.24. The third-order valence-electron chi connectivity index (χ3n) is 4.77. The van der Waals surface area contributed by atoms with Crippen LogP contribution in [0.4, 0.5) is 0 Å². The minimum absolute atomic E-state index is 0.0460. The number of carbonyl (C=O) groups is 2. The Hall–Kier alpha value is -2.77. The van der Waals surface area contributed by atoms with Gasteiger partial charge in [-0.2, -0.15) is 0 Å². The Balaban J connectivity index is 2.10. The Kier molecular flexibility index (Phi) is 6.30. The summed E-state index contributed by atoms with van der Waals surface area (Å²) in [6.45, 7) is 1.09. The van der Waals surface area contributed by atoms with E-state index in [0.29, 0.717) is 29.5 Å². The van der Waals surface area contributed by atoms with Crippen molar-refractivity contribution >= 4 is 29.1 Å². The van der Waals surface area contributed by atoms with Crippen molar-refractivity contribution in [3.8, 4) is 5.75 Å². The van der Waals surface area contributed by atoms with Crippen LogP contribution in [-0.2, 0) is 9.59 Å². The van der Waals surface area contributed by atoms with Crippen LogP contribution >= 0.6 is 11.6 Å². The van der Waals surface area contributed by atoms with Gasteiger partial charge in [-0.3, -0.25) is 9.59 Å². The second-order valence-corrected chi connectivity index (χ2v) is 7.45. The van der Waals surface area contributed by atoms with Gasteiger partial charge in [0.1, 0.15) is 23.3 Å². The molecule has 1 aliphatic rings. The topological polar surface area (TPSA) is 83.2 Å². The van der Waals surface area contributed by atoms with Crippen LogP contribution in [0, 0.1) is 0 Å². The predicted molar refractivity (Wildman–Crippen MR) is 109 cm³/mol. The number of hydrogen-bond acceptors (Lipinski definition) is 6. The molecule has 0 bridgehead atoms. The number of Topliss-reactive ketones (excluding diaryl/α,β-unsaturated/α-hetero) is 1. The minimum atomic E-state index is -0.823. The van der Waals surface area contributed by atoms with E-state index in [4.69, 9.17) is 20.8 Å². The van der Waals surface area contributed by atoms with Crippen LogP contribution in [0.25, 0.3) is 5.76 Å². The summed E-state index contributed by atoms with van der Waals surface area (Å²) in [6.07, 6.45) is 2.13. The Labute approximate surface area is 174 Å². The zero-order chi connectivity index (χ0) is 21.1. The van der Waals surface area contributed by atoms with Gasteiger partial charge < -0.3 is 24.1 Å². The number of ketones is 1. The average Bonchev–Trinajstić information content (AvgIpc) is 3.29. The number of rotatable bonds is 7. The van der Waals surface area contributed by atoms with Gasteiger partial charge in [0.05, 0.1) is 24.5 Å². The molecule has 0 radical (unpaired) electrons. The van der Waals surface area contributed by atoms with E-state index in [-0.39, 0.29) is 16.9 Å². The van der Waals surface area contributed by atoms with Crippen LogP contribution in [0.15, 0.2) is 46.6 Å². The molecule has 0 saturated carbocycles. The van der Waals surface area contributed by atoms with Gasteiger partial charge in [-0.25, -0.2) is 0 Å². The van der Waals surface area contributed by atoms with E-state index in [2.05, 4.69) is 0 Å². The second kappa shape index (κ2) is 8.71. The van der Waals surface area contributed by atoms with Crippen molar-refractivity contribution in [2.75, 3.05) is 34.3 Å². The summed E-state index contributed by atoms with van der Waals surface area (Å²) < 4.78 is 10.8. The SMILES string of the molecule is COc1ccc(Cl)cc1/C(O)=C1\C(=O)C(=O)N(CCCN(C)C)C1c1ccco1. The summed E-state index contributed by atoms with van der Waals surface area (Å²) in [5.74, 6) is -1.05. The fourth-order valence-corrected chi connectivity index (χ4v) is 3.59. The maximum atomic E-state index is 12.9. The van der Waals surface area contributed by atoms with Crippen molar-refractivity contribution in [3.05, 3.63) is 58.5 Å². The molecule has 2 aromatic rings. The molecule has 154 valence electrons. The highest BCUT2D eigenvalue weighted by atomic mass is 35.5. The van der Waals surface area contributed by atoms with Crippen molar-refractivity contribution in [1.82, 2.24) is 9.80 Å². The number of amides is 1. The molecule has 3 rings (SSSR count). The van der Waals surface area contributed by atoms with Crippen molar-refractivity contribution < 1.29 is 23.8 Å². The fraction of sp³-hybridized carbons (Fsp3) is 0.333. The summed E-state index contributed by atoms with van der Waals surface area (Å²) >= 11 is 6.08. The third kappa shape index (κ3) is 4.16. The molecule has 29 heavy (non-hydrogen) atoms. The summed E-state index contributed by atoms with van der Waals surface area (Å²) in [7, 11) is 5.32. The Morgan fingerprint density at radius 2 is 2.07 bits per heavy atom. The molecule has 1 amide bonds. The lowest BCUT2D eigenvalue weighted by molar-refractivity contribution is -0.140.